The van der Waals surface area contributed by atoms with Crippen LogP contribution >= 0.6 is 0 Å². The highest BCUT2D eigenvalue weighted by Gasteiger charge is 2.31. The summed E-state index contributed by atoms with van der Waals surface area (Å²) in [7, 11) is 0. The van der Waals surface area contributed by atoms with Gasteiger partial charge in [0.15, 0.2) is 0 Å². The summed E-state index contributed by atoms with van der Waals surface area (Å²) >= 11 is 0. The van der Waals surface area contributed by atoms with E-state index < -0.39 is 5.97 Å². The molecule has 0 radical (unpaired) electrons. The number of nitriles is 1. The Hall–Kier alpha value is -1.77. The molecule has 1 saturated carbocycles. The lowest BCUT2D eigenvalue weighted by molar-refractivity contribution is -0.136. The lowest BCUT2D eigenvalue weighted by Gasteiger charge is -2.21. The molecule has 6 heteroatoms. The molecule has 2 amide bonds. The number of nitrogens with zero attached hydrogens (tertiary/aromatic N) is 2. The standard InChI is InChI=1S/C10H15N3O3/c11-5-1-7-13(8-2-3-8)10(16)12-6-4-9(14)15/h8H,1-4,6-7H2,(H,12,16)(H,14,15). The van der Waals surface area contributed by atoms with Gasteiger partial charge in [0.2, 0.25) is 0 Å². The Morgan fingerprint density at radius 1 is 1.50 bits per heavy atom. The second-order valence-electron chi connectivity index (χ2n) is 3.71. The first-order valence-electron chi connectivity index (χ1n) is 5.28. The number of amides is 2. The molecule has 1 rings (SSSR count). The van der Waals surface area contributed by atoms with Crippen LogP contribution in [0.5, 0.6) is 0 Å². The Balaban J connectivity index is 2.30. The van der Waals surface area contributed by atoms with Crippen molar-refractivity contribution in [2.75, 3.05) is 13.1 Å². The molecular formula is C10H15N3O3. The highest BCUT2D eigenvalue weighted by atomic mass is 16.4. The second kappa shape index (κ2) is 5.95. The molecule has 1 fully saturated rings. The number of rotatable bonds is 6. The highest BCUT2D eigenvalue weighted by Crippen LogP contribution is 2.26. The van der Waals surface area contributed by atoms with Gasteiger partial charge in [0.1, 0.15) is 0 Å². The van der Waals surface area contributed by atoms with Crippen LogP contribution in [0.25, 0.3) is 0 Å². The molecule has 0 unspecified atom stereocenters. The Kier molecular flexibility index (Phi) is 4.58. The van der Waals surface area contributed by atoms with Crippen LogP contribution in [0, 0.1) is 11.3 Å². The molecular weight excluding hydrogens is 210 g/mol. The summed E-state index contributed by atoms with van der Waals surface area (Å²) in [6.07, 6.45) is 2.17. The minimum Gasteiger partial charge on any atom is -0.481 e. The zero-order valence-corrected chi connectivity index (χ0v) is 8.98. The Morgan fingerprint density at radius 3 is 2.69 bits per heavy atom. The summed E-state index contributed by atoms with van der Waals surface area (Å²) in [5.74, 6) is -0.935. The molecule has 0 atom stereocenters. The van der Waals surface area contributed by atoms with Crippen LogP contribution in [0.1, 0.15) is 25.7 Å². The third-order valence-electron chi connectivity index (χ3n) is 2.33. The molecule has 0 aromatic heterocycles. The summed E-state index contributed by atoms with van der Waals surface area (Å²) in [6.45, 7) is 0.546. The molecule has 6 nitrogen and oxygen atoms in total. The van der Waals surface area contributed by atoms with E-state index in [2.05, 4.69) is 5.32 Å². The predicted molar refractivity (Wildman–Crippen MR) is 55.6 cm³/mol. The van der Waals surface area contributed by atoms with Crippen molar-refractivity contribution in [3.63, 3.8) is 0 Å². The van der Waals surface area contributed by atoms with Gasteiger partial charge in [-0.25, -0.2) is 4.79 Å². The van der Waals surface area contributed by atoms with Crippen LogP contribution < -0.4 is 5.32 Å². The van der Waals surface area contributed by atoms with Gasteiger partial charge < -0.3 is 15.3 Å². The number of nitrogens with one attached hydrogen (secondary N) is 1. The molecule has 1 aliphatic rings. The van der Waals surface area contributed by atoms with Crippen molar-refractivity contribution in [3.8, 4) is 6.07 Å². The van der Waals surface area contributed by atoms with Gasteiger partial charge in [-0.2, -0.15) is 5.26 Å². The number of hydrogen-bond acceptors (Lipinski definition) is 3. The number of hydrogen-bond donors (Lipinski definition) is 2. The van der Waals surface area contributed by atoms with E-state index in [0.717, 1.165) is 12.8 Å². The number of carbonyl (C=O) groups excluding carboxylic acids is 1. The average Bonchev–Trinajstić information content (AvgIpc) is 3.02. The summed E-state index contributed by atoms with van der Waals surface area (Å²) in [6, 6.07) is 1.96. The Morgan fingerprint density at radius 2 is 2.19 bits per heavy atom. The number of aliphatic carboxylic acids is 1. The lowest BCUT2D eigenvalue weighted by atomic mass is 10.4. The summed E-state index contributed by atoms with van der Waals surface area (Å²) in [5, 5.41) is 19.4. The molecule has 16 heavy (non-hydrogen) atoms. The fourth-order valence-electron chi connectivity index (χ4n) is 1.38. The summed E-state index contributed by atoms with van der Waals surface area (Å²) < 4.78 is 0. The van der Waals surface area contributed by atoms with Gasteiger partial charge >= 0.3 is 12.0 Å². The highest BCUT2D eigenvalue weighted by molar-refractivity contribution is 5.75. The zero-order valence-electron chi connectivity index (χ0n) is 8.98. The second-order valence-corrected chi connectivity index (χ2v) is 3.71. The van der Waals surface area contributed by atoms with Crippen molar-refractivity contribution in [2.24, 2.45) is 0 Å². The van der Waals surface area contributed by atoms with Crippen LogP contribution in [-0.2, 0) is 4.79 Å². The molecule has 0 spiro atoms. The Labute approximate surface area is 93.8 Å². The van der Waals surface area contributed by atoms with Crippen LogP contribution in [0.4, 0.5) is 4.79 Å². The van der Waals surface area contributed by atoms with Gasteiger partial charge in [0.25, 0.3) is 0 Å². The SMILES string of the molecule is N#CCCN(C(=O)NCCC(=O)O)C1CC1. The minimum absolute atomic E-state index is 0.0809. The normalized spacial score (nSPS) is 13.9. The van der Waals surface area contributed by atoms with Gasteiger partial charge in [-0.1, -0.05) is 0 Å². The molecule has 0 heterocycles. The maximum absolute atomic E-state index is 11.6. The minimum atomic E-state index is -0.935. The fourth-order valence-corrected chi connectivity index (χ4v) is 1.38. The van der Waals surface area contributed by atoms with Gasteiger partial charge in [0, 0.05) is 19.1 Å². The summed E-state index contributed by atoms with van der Waals surface area (Å²) in [4.78, 5) is 23.5. The van der Waals surface area contributed by atoms with Crippen molar-refractivity contribution in [3.05, 3.63) is 0 Å². The summed E-state index contributed by atoms with van der Waals surface area (Å²) in [5.41, 5.74) is 0. The molecule has 0 aliphatic heterocycles. The van der Waals surface area contributed by atoms with Crippen molar-refractivity contribution < 1.29 is 14.7 Å². The van der Waals surface area contributed by atoms with Crippen molar-refractivity contribution in [2.45, 2.75) is 31.7 Å². The fraction of sp³-hybridized carbons (Fsp3) is 0.700. The topological polar surface area (TPSA) is 93.4 Å². The van der Waals surface area contributed by atoms with Gasteiger partial charge in [-0.3, -0.25) is 4.79 Å². The van der Waals surface area contributed by atoms with E-state index >= 15 is 0 Å². The maximum Gasteiger partial charge on any atom is 0.317 e. The molecule has 0 aromatic carbocycles. The van der Waals surface area contributed by atoms with E-state index in [1.54, 1.807) is 4.90 Å². The van der Waals surface area contributed by atoms with Crippen LogP contribution in [0.2, 0.25) is 0 Å². The van der Waals surface area contributed by atoms with Crippen molar-refractivity contribution >= 4 is 12.0 Å². The first kappa shape index (κ1) is 12.3. The Bertz CT molecular complexity index is 307. The van der Waals surface area contributed by atoms with Crippen LogP contribution in [0.15, 0.2) is 0 Å². The molecule has 1 aliphatic carbocycles. The molecule has 0 saturated heterocycles. The quantitative estimate of drug-likeness (QED) is 0.690. The molecule has 0 aromatic rings. The molecule has 2 N–H and O–H groups in total. The number of carbonyl (C=O) groups is 2. The monoisotopic (exact) mass is 225 g/mol. The third kappa shape index (κ3) is 4.17. The number of carboxylic acids is 1. The zero-order chi connectivity index (χ0) is 12.0. The van der Waals surface area contributed by atoms with Crippen molar-refractivity contribution in [1.82, 2.24) is 10.2 Å². The van der Waals surface area contributed by atoms with Gasteiger partial charge in [0.05, 0.1) is 18.9 Å². The van der Waals surface area contributed by atoms with E-state index in [9.17, 15) is 9.59 Å². The van der Waals surface area contributed by atoms with Crippen molar-refractivity contribution in [1.29, 1.82) is 5.26 Å². The largest absolute Gasteiger partial charge is 0.481 e. The lowest BCUT2D eigenvalue weighted by Crippen LogP contribution is -2.42. The molecule has 0 bridgehead atoms. The van der Waals surface area contributed by atoms with E-state index in [1.165, 1.54) is 0 Å². The van der Waals surface area contributed by atoms with Crippen LogP contribution in [-0.4, -0.2) is 41.1 Å². The predicted octanol–water partition coefficient (Wildman–Crippen LogP) is 0.549. The van der Waals surface area contributed by atoms with E-state index in [-0.39, 0.29) is 25.0 Å². The smallest absolute Gasteiger partial charge is 0.317 e. The van der Waals surface area contributed by atoms with Gasteiger partial charge in [-0.15, -0.1) is 0 Å². The average molecular weight is 225 g/mol. The first-order valence-corrected chi connectivity index (χ1v) is 5.28. The number of carboxylic acid groups (broad SMARTS) is 1. The van der Waals surface area contributed by atoms with Gasteiger partial charge in [-0.05, 0) is 12.8 Å². The van der Waals surface area contributed by atoms with E-state index in [0.29, 0.717) is 13.0 Å². The van der Waals surface area contributed by atoms with E-state index in [4.69, 9.17) is 10.4 Å². The van der Waals surface area contributed by atoms with E-state index in [1.807, 2.05) is 6.07 Å². The molecule has 88 valence electrons. The maximum atomic E-state index is 11.6. The first-order chi connectivity index (χ1) is 7.65. The van der Waals surface area contributed by atoms with Crippen LogP contribution in [0.3, 0.4) is 0 Å². The number of urea groups is 1. The third-order valence-corrected chi connectivity index (χ3v) is 2.33.